The molecule has 5 nitrogen and oxygen atoms in total. The van der Waals surface area contributed by atoms with Gasteiger partial charge in [0.15, 0.2) is 6.04 Å². The number of carboxylic acid groups (broad SMARTS) is 1. The third-order valence-corrected chi connectivity index (χ3v) is 4.20. The molecule has 1 aliphatic rings. The molecule has 0 spiro atoms. The molecule has 0 saturated carbocycles. The highest BCUT2D eigenvalue weighted by Crippen LogP contribution is 2.25. The molecule has 1 saturated heterocycles. The maximum Gasteiger partial charge on any atom is 0.328 e. The predicted octanol–water partition coefficient (Wildman–Crippen LogP) is 2.19. The van der Waals surface area contributed by atoms with Gasteiger partial charge < -0.3 is 14.7 Å². The number of carbonyl (C=O) groups is 2. The summed E-state index contributed by atoms with van der Waals surface area (Å²) >= 11 is 0. The van der Waals surface area contributed by atoms with Crippen LogP contribution in [0.2, 0.25) is 0 Å². The summed E-state index contributed by atoms with van der Waals surface area (Å²) in [6.07, 6.45) is 1.18. The summed E-state index contributed by atoms with van der Waals surface area (Å²) in [4.78, 5) is 25.2. The van der Waals surface area contributed by atoms with Gasteiger partial charge in [0, 0.05) is 13.0 Å². The number of ether oxygens (including phenoxy) is 1. The quantitative estimate of drug-likeness (QED) is 0.905. The Morgan fingerprint density at radius 3 is 2.64 bits per heavy atom. The molecular formula is C17H23NO4. The summed E-state index contributed by atoms with van der Waals surface area (Å²) in [6.45, 7) is 4.90. The zero-order chi connectivity index (χ0) is 16.1. The third kappa shape index (κ3) is 3.85. The summed E-state index contributed by atoms with van der Waals surface area (Å²) in [6, 6.07) is 7.31. The minimum absolute atomic E-state index is 0.0718. The lowest BCUT2D eigenvalue weighted by molar-refractivity contribution is -0.158. The van der Waals surface area contributed by atoms with Gasteiger partial charge in [-0.2, -0.15) is 0 Å². The lowest BCUT2D eigenvalue weighted by Gasteiger charge is -2.33. The molecular weight excluding hydrogens is 282 g/mol. The van der Waals surface area contributed by atoms with Crippen molar-refractivity contribution in [3.63, 3.8) is 0 Å². The zero-order valence-corrected chi connectivity index (χ0v) is 13.1. The van der Waals surface area contributed by atoms with Gasteiger partial charge >= 0.3 is 5.97 Å². The van der Waals surface area contributed by atoms with Crippen molar-refractivity contribution in [2.45, 2.75) is 38.6 Å². The Morgan fingerprint density at radius 2 is 2.05 bits per heavy atom. The van der Waals surface area contributed by atoms with E-state index in [4.69, 9.17) is 4.74 Å². The molecule has 1 aromatic carbocycles. The van der Waals surface area contributed by atoms with Gasteiger partial charge in [-0.15, -0.1) is 0 Å². The van der Waals surface area contributed by atoms with E-state index in [9.17, 15) is 14.7 Å². The monoisotopic (exact) mass is 305 g/mol. The highest BCUT2D eigenvalue weighted by Gasteiger charge is 2.33. The van der Waals surface area contributed by atoms with Crippen LogP contribution in [-0.2, 0) is 14.3 Å². The molecule has 2 unspecified atom stereocenters. The summed E-state index contributed by atoms with van der Waals surface area (Å²) in [7, 11) is 0. The summed E-state index contributed by atoms with van der Waals surface area (Å²) in [5.74, 6) is -0.995. The number of carboxylic acids is 1. The SMILES string of the molecule is CCC(CC(=O)N1CCOCC1C(=O)O)c1ccc(C)cc1. The Labute approximate surface area is 130 Å². The maximum absolute atomic E-state index is 12.5. The number of aliphatic carboxylic acids is 1. The fourth-order valence-electron chi connectivity index (χ4n) is 2.77. The van der Waals surface area contributed by atoms with Crippen LogP contribution in [0.3, 0.4) is 0 Å². The Hall–Kier alpha value is -1.88. The smallest absolute Gasteiger partial charge is 0.328 e. The van der Waals surface area contributed by atoms with Crippen molar-refractivity contribution < 1.29 is 19.4 Å². The Morgan fingerprint density at radius 1 is 1.36 bits per heavy atom. The molecule has 0 aliphatic carbocycles. The van der Waals surface area contributed by atoms with Crippen LogP contribution in [0.5, 0.6) is 0 Å². The molecule has 1 N–H and O–H groups in total. The summed E-state index contributed by atoms with van der Waals surface area (Å²) in [5, 5.41) is 9.22. The highest BCUT2D eigenvalue weighted by molar-refractivity contribution is 5.84. The van der Waals surface area contributed by atoms with Crippen LogP contribution in [0.4, 0.5) is 0 Å². The van der Waals surface area contributed by atoms with Crippen LogP contribution in [-0.4, -0.2) is 47.7 Å². The number of benzene rings is 1. The highest BCUT2D eigenvalue weighted by atomic mass is 16.5. The Bertz CT molecular complexity index is 526. The minimum atomic E-state index is -1.00. The molecule has 5 heteroatoms. The minimum Gasteiger partial charge on any atom is -0.480 e. The topological polar surface area (TPSA) is 66.8 Å². The lowest BCUT2D eigenvalue weighted by atomic mass is 9.92. The third-order valence-electron chi connectivity index (χ3n) is 4.20. The predicted molar refractivity (Wildman–Crippen MR) is 82.8 cm³/mol. The number of nitrogens with zero attached hydrogens (tertiary/aromatic N) is 1. The van der Waals surface area contributed by atoms with Crippen molar-refractivity contribution in [3.8, 4) is 0 Å². The van der Waals surface area contributed by atoms with Crippen molar-refractivity contribution in [2.24, 2.45) is 0 Å². The molecule has 0 aromatic heterocycles. The molecule has 1 aromatic rings. The molecule has 1 amide bonds. The van der Waals surface area contributed by atoms with Gasteiger partial charge in [-0.05, 0) is 24.8 Å². The maximum atomic E-state index is 12.5. The van der Waals surface area contributed by atoms with Gasteiger partial charge in [0.1, 0.15) is 0 Å². The molecule has 1 fully saturated rings. The number of aryl methyl sites for hydroxylation is 1. The largest absolute Gasteiger partial charge is 0.480 e. The number of morpholine rings is 1. The van der Waals surface area contributed by atoms with E-state index in [0.29, 0.717) is 19.6 Å². The number of amides is 1. The van der Waals surface area contributed by atoms with E-state index in [2.05, 4.69) is 0 Å². The molecule has 2 atom stereocenters. The van der Waals surface area contributed by atoms with E-state index < -0.39 is 12.0 Å². The van der Waals surface area contributed by atoms with Crippen LogP contribution in [0.15, 0.2) is 24.3 Å². The van der Waals surface area contributed by atoms with Gasteiger partial charge in [-0.3, -0.25) is 4.79 Å². The van der Waals surface area contributed by atoms with Gasteiger partial charge in [0.05, 0.1) is 13.2 Å². The van der Waals surface area contributed by atoms with Crippen LogP contribution in [0.1, 0.15) is 36.8 Å². The molecule has 0 radical (unpaired) electrons. The van der Waals surface area contributed by atoms with Crippen molar-refractivity contribution in [2.75, 3.05) is 19.8 Å². The van der Waals surface area contributed by atoms with Gasteiger partial charge in [0.25, 0.3) is 0 Å². The second kappa shape index (κ2) is 7.40. The van der Waals surface area contributed by atoms with E-state index in [-0.39, 0.29) is 18.4 Å². The molecule has 120 valence electrons. The van der Waals surface area contributed by atoms with Gasteiger partial charge in [-0.1, -0.05) is 36.8 Å². The van der Waals surface area contributed by atoms with Crippen LogP contribution >= 0.6 is 0 Å². The number of hydrogen-bond donors (Lipinski definition) is 1. The second-order valence-electron chi connectivity index (χ2n) is 5.74. The normalized spacial score (nSPS) is 19.7. The number of carbonyl (C=O) groups excluding carboxylic acids is 1. The first-order chi connectivity index (χ1) is 10.5. The molecule has 0 bridgehead atoms. The Balaban J connectivity index is 2.07. The van der Waals surface area contributed by atoms with E-state index in [0.717, 1.165) is 12.0 Å². The average Bonchev–Trinajstić information content (AvgIpc) is 2.53. The second-order valence-corrected chi connectivity index (χ2v) is 5.74. The fourth-order valence-corrected chi connectivity index (χ4v) is 2.77. The molecule has 2 rings (SSSR count). The van der Waals surface area contributed by atoms with Gasteiger partial charge in [-0.25, -0.2) is 4.79 Å². The average molecular weight is 305 g/mol. The van der Waals surface area contributed by atoms with E-state index >= 15 is 0 Å². The zero-order valence-electron chi connectivity index (χ0n) is 13.1. The van der Waals surface area contributed by atoms with Crippen LogP contribution < -0.4 is 0 Å². The van der Waals surface area contributed by atoms with Gasteiger partial charge in [0.2, 0.25) is 5.91 Å². The van der Waals surface area contributed by atoms with Crippen molar-refractivity contribution in [3.05, 3.63) is 35.4 Å². The van der Waals surface area contributed by atoms with Crippen molar-refractivity contribution in [1.82, 2.24) is 4.90 Å². The van der Waals surface area contributed by atoms with Crippen LogP contribution in [0, 0.1) is 6.92 Å². The molecule has 1 aliphatic heterocycles. The summed E-state index contributed by atoms with van der Waals surface area (Å²) in [5.41, 5.74) is 2.31. The van der Waals surface area contributed by atoms with E-state index in [1.807, 2.05) is 38.1 Å². The van der Waals surface area contributed by atoms with Crippen molar-refractivity contribution in [1.29, 1.82) is 0 Å². The Kier molecular flexibility index (Phi) is 5.55. The first-order valence-electron chi connectivity index (χ1n) is 7.69. The van der Waals surface area contributed by atoms with E-state index in [1.165, 1.54) is 10.5 Å². The first-order valence-corrected chi connectivity index (χ1v) is 7.69. The molecule has 22 heavy (non-hydrogen) atoms. The van der Waals surface area contributed by atoms with E-state index in [1.54, 1.807) is 0 Å². The fraction of sp³-hybridized carbons (Fsp3) is 0.529. The van der Waals surface area contributed by atoms with Crippen LogP contribution in [0.25, 0.3) is 0 Å². The lowest BCUT2D eigenvalue weighted by Crippen LogP contribution is -2.52. The standard InChI is InChI=1S/C17H23NO4/c1-3-13(14-6-4-12(2)5-7-14)10-16(19)18-8-9-22-11-15(18)17(20)21/h4-7,13,15H,3,8-11H2,1-2H3,(H,20,21). The molecule has 1 heterocycles. The van der Waals surface area contributed by atoms with Crippen molar-refractivity contribution >= 4 is 11.9 Å². The number of rotatable bonds is 5. The number of hydrogen-bond acceptors (Lipinski definition) is 3. The summed E-state index contributed by atoms with van der Waals surface area (Å²) < 4.78 is 5.18. The first kappa shape index (κ1) is 16.5.